The third kappa shape index (κ3) is 2.63. The van der Waals surface area contributed by atoms with Crippen molar-refractivity contribution in [2.45, 2.75) is 18.4 Å². The van der Waals surface area contributed by atoms with Crippen LogP contribution in [0, 0.1) is 6.92 Å². The topological polar surface area (TPSA) is 78.0 Å². The molecule has 1 aromatic heterocycles. The van der Waals surface area contributed by atoms with Crippen LogP contribution < -0.4 is 5.14 Å². The maximum atomic E-state index is 11.3. The second kappa shape index (κ2) is 4.83. The lowest BCUT2D eigenvalue weighted by Gasteiger charge is -2.07. The number of halogens is 1. The molecule has 0 fully saturated rings. The van der Waals surface area contributed by atoms with Gasteiger partial charge in [-0.1, -0.05) is 34.1 Å². The zero-order valence-electron chi connectivity index (χ0n) is 9.67. The van der Waals surface area contributed by atoms with Crippen molar-refractivity contribution >= 4 is 26.0 Å². The molecule has 0 saturated carbocycles. The molecule has 7 heteroatoms. The Bertz CT molecular complexity index is 679. The molecule has 0 saturated heterocycles. The number of nitrogens with two attached hydrogens (primary N) is 1. The van der Waals surface area contributed by atoms with Crippen molar-refractivity contribution in [2.24, 2.45) is 5.14 Å². The molecule has 5 nitrogen and oxygen atoms in total. The molecule has 0 bridgehead atoms. The molecule has 2 N–H and O–H groups in total. The lowest BCUT2D eigenvalue weighted by Crippen LogP contribution is -2.13. The van der Waals surface area contributed by atoms with Gasteiger partial charge in [-0.15, -0.1) is 0 Å². The quantitative estimate of drug-likeness (QED) is 0.929. The van der Waals surface area contributed by atoms with Crippen LogP contribution in [0.4, 0.5) is 0 Å². The summed E-state index contributed by atoms with van der Waals surface area (Å²) in [6.07, 6.45) is 1.28. The summed E-state index contributed by atoms with van der Waals surface area (Å²) in [5, 5.41) is 9.16. The second-order valence-corrected chi connectivity index (χ2v) is 6.27. The van der Waals surface area contributed by atoms with Crippen LogP contribution >= 0.6 is 15.9 Å². The molecule has 0 aliphatic heterocycles. The maximum Gasteiger partial charge on any atom is 0.241 e. The second-order valence-electron chi connectivity index (χ2n) is 3.89. The molecule has 18 heavy (non-hydrogen) atoms. The van der Waals surface area contributed by atoms with Crippen LogP contribution in [0.1, 0.15) is 11.3 Å². The summed E-state index contributed by atoms with van der Waals surface area (Å²) in [4.78, 5) is 0.0644. The smallest absolute Gasteiger partial charge is 0.241 e. The van der Waals surface area contributed by atoms with E-state index in [0.29, 0.717) is 12.2 Å². The summed E-state index contributed by atoms with van der Waals surface area (Å²) in [5.41, 5.74) is 1.55. The average molecular weight is 330 g/mol. The van der Waals surface area contributed by atoms with E-state index in [-0.39, 0.29) is 4.90 Å². The van der Waals surface area contributed by atoms with E-state index in [4.69, 9.17) is 5.14 Å². The molecule has 2 rings (SSSR count). The van der Waals surface area contributed by atoms with Gasteiger partial charge in [0.25, 0.3) is 0 Å². The normalized spacial score (nSPS) is 11.7. The van der Waals surface area contributed by atoms with E-state index in [9.17, 15) is 8.42 Å². The van der Waals surface area contributed by atoms with E-state index < -0.39 is 10.0 Å². The lowest BCUT2D eigenvalue weighted by molar-refractivity contribution is 0.596. The van der Waals surface area contributed by atoms with E-state index in [1.54, 1.807) is 11.6 Å². The third-order valence-electron chi connectivity index (χ3n) is 2.64. The number of sulfonamides is 1. The average Bonchev–Trinajstić information content (AvgIpc) is 2.63. The van der Waals surface area contributed by atoms with Gasteiger partial charge in [0, 0.05) is 4.47 Å². The van der Waals surface area contributed by atoms with E-state index in [2.05, 4.69) is 21.0 Å². The molecule has 96 valence electrons. The van der Waals surface area contributed by atoms with Crippen LogP contribution in [-0.4, -0.2) is 18.2 Å². The summed E-state index contributed by atoms with van der Waals surface area (Å²) < 4.78 is 25.2. The summed E-state index contributed by atoms with van der Waals surface area (Å²) in [6, 6.07) is 7.70. The van der Waals surface area contributed by atoms with Gasteiger partial charge in [-0.2, -0.15) is 5.10 Å². The van der Waals surface area contributed by atoms with E-state index in [0.717, 1.165) is 10.0 Å². The van der Waals surface area contributed by atoms with E-state index >= 15 is 0 Å². The first-order valence-electron chi connectivity index (χ1n) is 5.18. The van der Waals surface area contributed by atoms with Crippen LogP contribution in [0.25, 0.3) is 0 Å². The van der Waals surface area contributed by atoms with Crippen molar-refractivity contribution in [2.75, 3.05) is 0 Å². The Labute approximate surface area is 114 Å². The van der Waals surface area contributed by atoms with Gasteiger partial charge in [0.2, 0.25) is 10.0 Å². The predicted molar refractivity (Wildman–Crippen MR) is 71.6 cm³/mol. The fraction of sp³-hybridized carbons (Fsp3) is 0.182. The molecule has 0 unspecified atom stereocenters. The summed E-state index contributed by atoms with van der Waals surface area (Å²) in [5.74, 6) is 0. The molecule has 0 aliphatic carbocycles. The molecule has 2 aromatic rings. The van der Waals surface area contributed by atoms with Gasteiger partial charge in [-0.3, -0.25) is 4.68 Å². The van der Waals surface area contributed by atoms with Crippen molar-refractivity contribution in [1.82, 2.24) is 9.78 Å². The Morgan fingerprint density at radius 3 is 2.61 bits per heavy atom. The van der Waals surface area contributed by atoms with Gasteiger partial charge in [0.15, 0.2) is 0 Å². The monoisotopic (exact) mass is 329 g/mol. The Kier molecular flexibility index (Phi) is 3.56. The van der Waals surface area contributed by atoms with Crippen molar-refractivity contribution in [1.29, 1.82) is 0 Å². The highest BCUT2D eigenvalue weighted by atomic mass is 79.9. The molecule has 0 radical (unpaired) electrons. The molecule has 1 aromatic carbocycles. The maximum absolute atomic E-state index is 11.3. The van der Waals surface area contributed by atoms with Gasteiger partial charge in [-0.05, 0) is 18.6 Å². The first-order valence-corrected chi connectivity index (χ1v) is 7.52. The first-order chi connectivity index (χ1) is 8.39. The van der Waals surface area contributed by atoms with Crippen molar-refractivity contribution < 1.29 is 8.42 Å². The van der Waals surface area contributed by atoms with Crippen molar-refractivity contribution in [3.8, 4) is 0 Å². The summed E-state index contributed by atoms with van der Waals surface area (Å²) >= 11 is 3.44. The molecule has 1 heterocycles. The Morgan fingerprint density at radius 1 is 1.39 bits per heavy atom. The molecular formula is C11H12BrN3O2S. The molecule has 0 spiro atoms. The number of hydrogen-bond donors (Lipinski definition) is 1. The standard InChI is InChI=1S/C11H12BrN3O2S/c1-8-11(18(13,16)17)6-14-15(8)7-9-4-2-3-5-10(9)12/h2-6H,7H2,1H3,(H2,13,16,17). The number of rotatable bonds is 3. The molecule has 0 amide bonds. The Morgan fingerprint density at radius 2 is 2.06 bits per heavy atom. The van der Waals surface area contributed by atoms with Crippen molar-refractivity contribution in [3.05, 3.63) is 46.2 Å². The molecule has 0 atom stereocenters. The zero-order chi connectivity index (χ0) is 13.3. The Hall–Kier alpha value is -1.18. The number of benzene rings is 1. The zero-order valence-corrected chi connectivity index (χ0v) is 12.1. The highest BCUT2D eigenvalue weighted by molar-refractivity contribution is 9.10. The highest BCUT2D eigenvalue weighted by Gasteiger charge is 2.16. The fourth-order valence-corrected chi connectivity index (χ4v) is 2.78. The minimum atomic E-state index is -3.71. The van der Waals surface area contributed by atoms with Crippen molar-refractivity contribution in [3.63, 3.8) is 0 Å². The number of hydrogen-bond acceptors (Lipinski definition) is 3. The molecule has 0 aliphatic rings. The largest absolute Gasteiger partial charge is 0.264 e. The van der Waals surface area contributed by atoms with Crippen LogP contribution in [0.3, 0.4) is 0 Å². The van der Waals surface area contributed by atoms with Crippen LogP contribution in [0.5, 0.6) is 0 Å². The number of primary sulfonamides is 1. The van der Waals surface area contributed by atoms with Gasteiger partial charge in [0.05, 0.1) is 18.4 Å². The third-order valence-corrected chi connectivity index (χ3v) is 4.43. The SMILES string of the molecule is Cc1c(S(N)(=O)=O)cnn1Cc1ccccc1Br. The van der Waals surface area contributed by atoms with E-state index in [1.807, 2.05) is 24.3 Å². The Balaban J connectivity index is 2.38. The van der Waals surface area contributed by atoms with Gasteiger partial charge >= 0.3 is 0 Å². The minimum Gasteiger partial charge on any atom is -0.264 e. The van der Waals surface area contributed by atoms with Crippen LogP contribution in [-0.2, 0) is 16.6 Å². The van der Waals surface area contributed by atoms with Gasteiger partial charge in [0.1, 0.15) is 4.90 Å². The number of aromatic nitrogens is 2. The molecular weight excluding hydrogens is 318 g/mol. The predicted octanol–water partition coefficient (Wildman–Crippen LogP) is 1.65. The van der Waals surface area contributed by atoms with Gasteiger partial charge in [-0.25, -0.2) is 13.6 Å². The van der Waals surface area contributed by atoms with Gasteiger partial charge < -0.3 is 0 Å². The lowest BCUT2D eigenvalue weighted by atomic mass is 10.2. The first kappa shape index (κ1) is 13.3. The van der Waals surface area contributed by atoms with Crippen LogP contribution in [0.2, 0.25) is 0 Å². The highest BCUT2D eigenvalue weighted by Crippen LogP contribution is 2.19. The van der Waals surface area contributed by atoms with E-state index in [1.165, 1.54) is 6.20 Å². The summed E-state index contributed by atoms with van der Waals surface area (Å²) in [6.45, 7) is 2.17. The minimum absolute atomic E-state index is 0.0644. The fourth-order valence-electron chi connectivity index (χ4n) is 1.66. The number of nitrogens with zero attached hydrogens (tertiary/aromatic N) is 2. The summed E-state index contributed by atoms with van der Waals surface area (Å²) in [7, 11) is -3.71. The van der Waals surface area contributed by atoms with Crippen LogP contribution in [0.15, 0.2) is 39.8 Å².